The molecule has 1 aliphatic heterocycles. The Labute approximate surface area is 236 Å². The molecule has 0 spiro atoms. The van der Waals surface area contributed by atoms with Gasteiger partial charge in [0.1, 0.15) is 11.6 Å². The zero-order valence-corrected chi connectivity index (χ0v) is 23.1. The van der Waals surface area contributed by atoms with Gasteiger partial charge in [-0.3, -0.25) is 14.4 Å². The molecular weight excluding hydrogens is 529 g/mol. The maximum Gasteiger partial charge on any atom is 0.276 e. The fourth-order valence-electron chi connectivity index (χ4n) is 4.48. The molecule has 3 amide bonds. The zero-order chi connectivity index (χ0) is 29.5. The molecule has 0 atom stereocenters. The van der Waals surface area contributed by atoms with Crippen LogP contribution in [0.15, 0.2) is 46.6 Å². The Kier molecular flexibility index (Phi) is 9.12. The number of hydrogen-bond acceptors (Lipinski definition) is 7. The topological polar surface area (TPSA) is 163 Å². The van der Waals surface area contributed by atoms with Crippen LogP contribution >= 0.6 is 0 Å². The average Bonchev–Trinajstić information content (AvgIpc) is 3.40. The Morgan fingerprint density at radius 2 is 1.93 bits per heavy atom. The SMILES string of the molecule is COc1ccc(NC(=O)CCCCCNC(=O)c2c(C)[nH]c(/C=N/N=C3\C(=O)Nc4ccc(F)cc43)c2C)c(N)c1. The fraction of sp³-hybridized carbons (Fsp3) is 0.276. The number of nitrogens with two attached hydrogens (primary N) is 1. The van der Waals surface area contributed by atoms with E-state index in [1.807, 2.05) is 0 Å². The van der Waals surface area contributed by atoms with Crippen LogP contribution < -0.4 is 26.4 Å². The number of carbonyl (C=O) groups excluding carboxylic acids is 3. The van der Waals surface area contributed by atoms with E-state index in [0.717, 1.165) is 6.42 Å². The van der Waals surface area contributed by atoms with Gasteiger partial charge in [0.25, 0.3) is 11.8 Å². The molecule has 12 heteroatoms. The Hall–Kier alpha value is -5.00. The number of ether oxygens (including phenoxy) is 1. The van der Waals surface area contributed by atoms with Crippen LogP contribution in [-0.2, 0) is 9.59 Å². The molecule has 0 bridgehead atoms. The molecule has 1 aromatic heterocycles. The number of anilines is 3. The van der Waals surface area contributed by atoms with Gasteiger partial charge in [-0.15, -0.1) is 5.10 Å². The van der Waals surface area contributed by atoms with Gasteiger partial charge in [0, 0.05) is 30.3 Å². The molecule has 2 aromatic carbocycles. The second-order valence-corrected chi connectivity index (χ2v) is 9.57. The van der Waals surface area contributed by atoms with Crippen LogP contribution in [0.4, 0.5) is 21.5 Å². The van der Waals surface area contributed by atoms with E-state index in [1.54, 1.807) is 39.2 Å². The average molecular weight is 562 g/mol. The molecule has 0 unspecified atom stereocenters. The third kappa shape index (κ3) is 6.96. The second-order valence-electron chi connectivity index (χ2n) is 9.57. The highest BCUT2D eigenvalue weighted by molar-refractivity contribution is 6.53. The Morgan fingerprint density at radius 1 is 1.12 bits per heavy atom. The molecule has 4 rings (SSSR count). The first-order chi connectivity index (χ1) is 19.7. The van der Waals surface area contributed by atoms with Gasteiger partial charge < -0.3 is 31.4 Å². The molecule has 0 fully saturated rings. The highest BCUT2D eigenvalue weighted by atomic mass is 19.1. The Morgan fingerprint density at radius 3 is 2.68 bits per heavy atom. The van der Waals surface area contributed by atoms with Crippen LogP contribution in [-0.4, -0.2) is 48.3 Å². The molecule has 0 aliphatic carbocycles. The smallest absolute Gasteiger partial charge is 0.276 e. The number of amides is 3. The van der Waals surface area contributed by atoms with Crippen molar-refractivity contribution in [3.8, 4) is 5.75 Å². The van der Waals surface area contributed by atoms with E-state index in [1.165, 1.54) is 24.4 Å². The van der Waals surface area contributed by atoms with Crippen LogP contribution in [0.3, 0.4) is 0 Å². The summed E-state index contributed by atoms with van der Waals surface area (Å²) in [5.41, 5.74) is 10.1. The van der Waals surface area contributed by atoms with Crippen molar-refractivity contribution in [1.82, 2.24) is 10.3 Å². The molecule has 11 nitrogen and oxygen atoms in total. The minimum absolute atomic E-state index is 0.0111. The van der Waals surface area contributed by atoms with Gasteiger partial charge in [-0.2, -0.15) is 5.10 Å². The number of aromatic amines is 1. The fourth-order valence-corrected chi connectivity index (χ4v) is 4.48. The summed E-state index contributed by atoms with van der Waals surface area (Å²) in [6.07, 6.45) is 3.89. The number of methoxy groups -OCH3 is 1. The van der Waals surface area contributed by atoms with Crippen molar-refractivity contribution in [1.29, 1.82) is 0 Å². The number of hydrogen-bond donors (Lipinski definition) is 5. The van der Waals surface area contributed by atoms with E-state index < -0.39 is 11.7 Å². The molecule has 0 saturated carbocycles. The largest absolute Gasteiger partial charge is 0.497 e. The number of aromatic nitrogens is 1. The van der Waals surface area contributed by atoms with Crippen molar-refractivity contribution in [2.24, 2.45) is 10.2 Å². The van der Waals surface area contributed by atoms with E-state index >= 15 is 0 Å². The summed E-state index contributed by atoms with van der Waals surface area (Å²) >= 11 is 0. The number of nitrogens with one attached hydrogen (secondary N) is 4. The number of rotatable bonds is 11. The lowest BCUT2D eigenvalue weighted by molar-refractivity contribution is -0.116. The van der Waals surface area contributed by atoms with Crippen LogP contribution in [0, 0.1) is 19.7 Å². The van der Waals surface area contributed by atoms with Crippen LogP contribution in [0.5, 0.6) is 5.75 Å². The number of halogens is 1. The molecular formula is C29H32FN7O4. The summed E-state index contributed by atoms with van der Waals surface area (Å²) in [5.74, 6) is -0.691. The minimum Gasteiger partial charge on any atom is -0.497 e. The number of benzene rings is 2. The maximum atomic E-state index is 13.6. The molecule has 2 heterocycles. The number of H-pyrrole nitrogens is 1. The molecule has 41 heavy (non-hydrogen) atoms. The molecule has 0 radical (unpaired) electrons. The van der Waals surface area contributed by atoms with Gasteiger partial charge in [-0.05, 0) is 62.6 Å². The van der Waals surface area contributed by atoms with Gasteiger partial charge >= 0.3 is 0 Å². The third-order valence-electron chi connectivity index (χ3n) is 6.65. The van der Waals surface area contributed by atoms with Gasteiger partial charge in [0.2, 0.25) is 5.91 Å². The van der Waals surface area contributed by atoms with Crippen molar-refractivity contribution in [2.45, 2.75) is 39.5 Å². The lowest BCUT2D eigenvalue weighted by Crippen LogP contribution is -2.25. The van der Waals surface area contributed by atoms with Gasteiger partial charge in [0.05, 0.1) is 41.6 Å². The van der Waals surface area contributed by atoms with Crippen LogP contribution in [0.2, 0.25) is 0 Å². The number of unbranched alkanes of at least 4 members (excludes halogenated alkanes) is 2. The second kappa shape index (κ2) is 12.9. The van der Waals surface area contributed by atoms with E-state index in [0.29, 0.717) is 76.7 Å². The lowest BCUT2D eigenvalue weighted by Gasteiger charge is -2.10. The number of fused-ring (bicyclic) bond motifs is 1. The minimum atomic E-state index is -0.482. The highest BCUT2D eigenvalue weighted by Gasteiger charge is 2.26. The Bertz CT molecular complexity index is 1540. The summed E-state index contributed by atoms with van der Waals surface area (Å²) < 4.78 is 18.7. The molecule has 6 N–H and O–H groups in total. The van der Waals surface area contributed by atoms with Crippen molar-refractivity contribution in [3.63, 3.8) is 0 Å². The number of nitrogens with zero attached hydrogens (tertiary/aromatic N) is 2. The van der Waals surface area contributed by atoms with E-state index in [-0.39, 0.29) is 17.5 Å². The van der Waals surface area contributed by atoms with Crippen LogP contribution in [0.25, 0.3) is 0 Å². The van der Waals surface area contributed by atoms with Crippen molar-refractivity contribution >= 4 is 46.7 Å². The number of carbonyl (C=O) groups is 3. The standard InChI is InChI=1S/C29H32FN7O4/c1-16-24(15-33-37-27-20-13-18(30)8-10-22(20)36-29(27)40)34-17(2)26(16)28(39)32-12-6-4-5-7-25(38)35-23-11-9-19(41-3)14-21(23)31/h8-11,13-15,34H,4-7,12,31H2,1-3H3,(H,32,39)(H,35,38)(H,36,37,40)/b33-15+. The summed E-state index contributed by atoms with van der Waals surface area (Å²) in [7, 11) is 1.55. The highest BCUT2D eigenvalue weighted by Crippen LogP contribution is 2.25. The first-order valence-corrected chi connectivity index (χ1v) is 13.1. The summed E-state index contributed by atoms with van der Waals surface area (Å²) in [6, 6.07) is 9.02. The Balaban J connectivity index is 1.24. The van der Waals surface area contributed by atoms with E-state index in [4.69, 9.17) is 10.5 Å². The van der Waals surface area contributed by atoms with Crippen molar-refractivity contribution in [2.75, 3.05) is 30.0 Å². The molecule has 3 aromatic rings. The quantitative estimate of drug-likeness (QED) is 0.103. The van der Waals surface area contributed by atoms with Gasteiger partial charge in [0.15, 0.2) is 5.71 Å². The first-order valence-electron chi connectivity index (χ1n) is 13.1. The van der Waals surface area contributed by atoms with Crippen molar-refractivity contribution < 1.29 is 23.5 Å². The van der Waals surface area contributed by atoms with Crippen LogP contribution in [0.1, 0.15) is 58.6 Å². The first kappa shape index (κ1) is 29.0. The van der Waals surface area contributed by atoms with E-state index in [9.17, 15) is 18.8 Å². The zero-order valence-electron chi connectivity index (χ0n) is 23.1. The maximum absolute atomic E-state index is 13.6. The lowest BCUT2D eigenvalue weighted by atomic mass is 10.1. The summed E-state index contributed by atoms with van der Waals surface area (Å²) in [6.45, 7) is 4.02. The summed E-state index contributed by atoms with van der Waals surface area (Å²) in [5, 5.41) is 16.3. The van der Waals surface area contributed by atoms with Gasteiger partial charge in [-0.25, -0.2) is 4.39 Å². The predicted molar refractivity (Wildman–Crippen MR) is 156 cm³/mol. The van der Waals surface area contributed by atoms with E-state index in [2.05, 4.69) is 31.1 Å². The normalized spacial score (nSPS) is 13.4. The number of nitrogen functional groups attached to an aromatic ring is 1. The number of aryl methyl sites for hydroxylation is 1. The predicted octanol–water partition coefficient (Wildman–Crippen LogP) is 4.07. The molecule has 1 aliphatic rings. The van der Waals surface area contributed by atoms with Gasteiger partial charge in [-0.1, -0.05) is 6.42 Å². The monoisotopic (exact) mass is 561 g/mol. The molecule has 0 saturated heterocycles. The molecule has 214 valence electrons. The third-order valence-corrected chi connectivity index (χ3v) is 6.65. The summed E-state index contributed by atoms with van der Waals surface area (Å²) in [4.78, 5) is 40.4. The van der Waals surface area contributed by atoms with Crippen molar-refractivity contribution in [3.05, 3.63) is 70.3 Å².